The molecule has 0 aromatic heterocycles. The summed E-state index contributed by atoms with van der Waals surface area (Å²) in [7, 11) is -2.67. The van der Waals surface area contributed by atoms with Crippen LogP contribution in [-0.2, 0) is 32.7 Å². The average molecular weight is 780 g/mol. The Morgan fingerprint density at radius 1 is 0.574 bits per heavy atom. The molecule has 312 valence electrons. The summed E-state index contributed by atoms with van der Waals surface area (Å²) in [6, 6.07) is 0. The van der Waals surface area contributed by atoms with Gasteiger partial charge in [0.15, 0.2) is 6.10 Å². The number of unbranched alkanes of at least 4 members (excludes halogenated alkanes) is 15. The van der Waals surface area contributed by atoms with Crippen molar-refractivity contribution in [1.29, 1.82) is 0 Å². The molecule has 9 nitrogen and oxygen atoms in total. The van der Waals surface area contributed by atoms with Crippen LogP contribution in [-0.4, -0.2) is 56.3 Å². The Morgan fingerprint density at radius 3 is 1.59 bits per heavy atom. The molecule has 0 aromatic carbocycles. The Morgan fingerprint density at radius 2 is 1.02 bits per heavy atom. The van der Waals surface area contributed by atoms with Gasteiger partial charge >= 0.3 is 19.8 Å². The molecular weight excluding hydrogens is 701 g/mol. The Hall–Kier alpha value is -2.29. The molecule has 0 saturated heterocycles. The van der Waals surface area contributed by atoms with Crippen molar-refractivity contribution in [2.45, 2.75) is 174 Å². The van der Waals surface area contributed by atoms with E-state index >= 15 is 0 Å². The molecular formula is C44H78NO8P. The van der Waals surface area contributed by atoms with Crippen LogP contribution in [0.1, 0.15) is 168 Å². The summed E-state index contributed by atoms with van der Waals surface area (Å²) < 4.78 is 33.1. The lowest BCUT2D eigenvalue weighted by atomic mass is 10.1. The van der Waals surface area contributed by atoms with Crippen molar-refractivity contribution in [2.75, 3.05) is 33.4 Å². The third-order valence-electron chi connectivity index (χ3n) is 8.61. The molecule has 0 aliphatic carbocycles. The molecule has 0 aliphatic rings. The number of rotatable bonds is 39. The van der Waals surface area contributed by atoms with Crippen LogP contribution < -0.4 is 5.32 Å². The first-order valence-electron chi connectivity index (χ1n) is 21.2. The summed E-state index contributed by atoms with van der Waals surface area (Å²) >= 11 is 0. The molecule has 10 heteroatoms. The highest BCUT2D eigenvalue weighted by atomic mass is 31.2. The molecule has 2 N–H and O–H groups in total. The SMILES string of the molecule is CCCCC/C=C\C/C=C\C/C=C\C/C=C\CCCC(=O)OCC(COP(=O)(O)OCCNC)OC(=O)CCCCCCCCC/C=C\CCCCCC. The zero-order chi connectivity index (χ0) is 39.6. The maximum Gasteiger partial charge on any atom is 0.472 e. The molecule has 0 aliphatic heterocycles. The lowest BCUT2D eigenvalue weighted by Gasteiger charge is -2.20. The third-order valence-corrected chi connectivity index (χ3v) is 9.59. The van der Waals surface area contributed by atoms with Crippen LogP contribution in [0, 0.1) is 0 Å². The van der Waals surface area contributed by atoms with E-state index in [-0.39, 0.29) is 26.1 Å². The summed E-state index contributed by atoms with van der Waals surface area (Å²) in [5, 5.41) is 2.82. The first kappa shape index (κ1) is 51.7. The normalized spacial score (nSPS) is 13.9. The highest BCUT2D eigenvalue weighted by Gasteiger charge is 2.26. The number of esters is 2. The monoisotopic (exact) mass is 780 g/mol. The van der Waals surface area contributed by atoms with E-state index < -0.39 is 32.5 Å². The summed E-state index contributed by atoms with van der Waals surface area (Å²) in [6.45, 7) is 4.10. The standard InChI is InChI=1S/C44H78NO8P/c1-4-6-8-10-12-14-16-18-20-21-23-24-26-28-30-32-34-36-43(46)50-40-42(41-52-54(48,49)51-39-38-45-3)53-44(47)37-35-33-31-29-27-25-22-19-17-15-13-11-9-7-5-2/h12,14-15,17-18,20,23-24,28,30,42,45H,4-11,13,16,19,21-22,25-27,29,31-41H2,1-3H3,(H,48,49)/b14-12-,17-15-,20-18-,24-23-,30-28-. The second kappa shape index (κ2) is 40.4. The minimum Gasteiger partial charge on any atom is -0.462 e. The van der Waals surface area contributed by atoms with Crippen LogP contribution in [0.2, 0.25) is 0 Å². The largest absolute Gasteiger partial charge is 0.472 e. The second-order valence-corrected chi connectivity index (χ2v) is 15.3. The smallest absolute Gasteiger partial charge is 0.462 e. The second-order valence-electron chi connectivity index (χ2n) is 13.8. The van der Waals surface area contributed by atoms with E-state index in [4.69, 9.17) is 18.5 Å². The number of ether oxygens (including phenoxy) is 2. The van der Waals surface area contributed by atoms with Gasteiger partial charge in [-0.3, -0.25) is 18.6 Å². The van der Waals surface area contributed by atoms with Gasteiger partial charge in [-0.25, -0.2) is 4.57 Å². The van der Waals surface area contributed by atoms with E-state index in [1.165, 1.54) is 77.0 Å². The van der Waals surface area contributed by atoms with Crippen molar-refractivity contribution < 1.29 is 37.6 Å². The first-order chi connectivity index (χ1) is 26.3. The van der Waals surface area contributed by atoms with E-state index in [0.717, 1.165) is 51.4 Å². The minimum absolute atomic E-state index is 0.0284. The molecule has 0 saturated carbocycles. The first-order valence-corrected chi connectivity index (χ1v) is 22.7. The van der Waals surface area contributed by atoms with Gasteiger partial charge < -0.3 is 19.7 Å². The van der Waals surface area contributed by atoms with Gasteiger partial charge in [-0.05, 0) is 84.1 Å². The summed E-state index contributed by atoms with van der Waals surface area (Å²) in [6.07, 6.45) is 45.5. The van der Waals surface area contributed by atoms with Crippen molar-refractivity contribution in [2.24, 2.45) is 0 Å². The molecule has 0 rings (SSSR count). The van der Waals surface area contributed by atoms with E-state index in [9.17, 15) is 19.0 Å². The van der Waals surface area contributed by atoms with Crippen molar-refractivity contribution in [3.8, 4) is 0 Å². The number of hydrogen-bond acceptors (Lipinski definition) is 8. The molecule has 0 spiro atoms. The molecule has 2 atom stereocenters. The van der Waals surface area contributed by atoms with Gasteiger partial charge in [0.05, 0.1) is 13.2 Å². The summed E-state index contributed by atoms with van der Waals surface area (Å²) in [5.74, 6) is -0.881. The lowest BCUT2D eigenvalue weighted by Crippen LogP contribution is -2.29. The van der Waals surface area contributed by atoms with Crippen LogP contribution in [0.15, 0.2) is 60.8 Å². The summed E-state index contributed by atoms with van der Waals surface area (Å²) in [5.41, 5.74) is 0. The molecule has 0 amide bonds. The Labute approximate surface area is 330 Å². The molecule has 0 heterocycles. The highest BCUT2D eigenvalue weighted by Crippen LogP contribution is 2.43. The minimum atomic E-state index is -4.36. The number of phosphoric ester groups is 1. The lowest BCUT2D eigenvalue weighted by molar-refractivity contribution is -0.161. The topological polar surface area (TPSA) is 120 Å². The maximum atomic E-state index is 12.6. The highest BCUT2D eigenvalue weighted by molar-refractivity contribution is 7.47. The maximum absolute atomic E-state index is 12.6. The van der Waals surface area contributed by atoms with Gasteiger partial charge in [0.2, 0.25) is 0 Å². The van der Waals surface area contributed by atoms with Gasteiger partial charge in [-0.1, -0.05) is 139 Å². The fourth-order valence-electron chi connectivity index (χ4n) is 5.36. The van der Waals surface area contributed by atoms with E-state index in [0.29, 0.717) is 19.4 Å². The zero-order valence-corrected chi connectivity index (χ0v) is 35.3. The predicted molar refractivity (Wildman–Crippen MR) is 224 cm³/mol. The van der Waals surface area contributed by atoms with Crippen LogP contribution >= 0.6 is 7.82 Å². The molecule has 54 heavy (non-hydrogen) atoms. The average Bonchev–Trinajstić information content (AvgIpc) is 3.15. The number of likely N-dealkylation sites (N-methyl/N-ethyl adjacent to an activating group) is 1. The number of nitrogens with one attached hydrogen (secondary N) is 1. The van der Waals surface area contributed by atoms with Gasteiger partial charge in [-0.15, -0.1) is 0 Å². The predicted octanol–water partition coefficient (Wildman–Crippen LogP) is 12.0. The molecule has 2 unspecified atom stereocenters. The van der Waals surface area contributed by atoms with Gasteiger partial charge in [0.25, 0.3) is 0 Å². The quantitative estimate of drug-likeness (QED) is 0.0272. The van der Waals surface area contributed by atoms with Crippen molar-refractivity contribution in [1.82, 2.24) is 5.32 Å². The molecule has 0 radical (unpaired) electrons. The number of phosphoric acid groups is 1. The Balaban J connectivity index is 4.35. The van der Waals surface area contributed by atoms with E-state index in [2.05, 4.69) is 79.9 Å². The van der Waals surface area contributed by atoms with Crippen molar-refractivity contribution in [3.63, 3.8) is 0 Å². The third kappa shape index (κ3) is 39.4. The Bertz CT molecular complexity index is 1070. The number of carbonyl (C=O) groups is 2. The van der Waals surface area contributed by atoms with Crippen LogP contribution in [0.4, 0.5) is 0 Å². The number of carbonyl (C=O) groups excluding carboxylic acids is 2. The number of allylic oxidation sites excluding steroid dienone is 10. The van der Waals surface area contributed by atoms with Gasteiger partial charge in [0, 0.05) is 19.4 Å². The van der Waals surface area contributed by atoms with Crippen molar-refractivity contribution in [3.05, 3.63) is 60.8 Å². The Kier molecular flexibility index (Phi) is 38.7. The van der Waals surface area contributed by atoms with Crippen LogP contribution in [0.25, 0.3) is 0 Å². The fourth-order valence-corrected chi connectivity index (χ4v) is 6.11. The van der Waals surface area contributed by atoms with Crippen LogP contribution in [0.3, 0.4) is 0 Å². The van der Waals surface area contributed by atoms with E-state index in [1.807, 2.05) is 0 Å². The van der Waals surface area contributed by atoms with Crippen molar-refractivity contribution >= 4 is 19.8 Å². The molecule has 0 aromatic rings. The van der Waals surface area contributed by atoms with E-state index in [1.54, 1.807) is 7.05 Å². The molecule has 0 bridgehead atoms. The van der Waals surface area contributed by atoms with Gasteiger partial charge in [-0.2, -0.15) is 0 Å². The number of hydrogen-bond donors (Lipinski definition) is 2. The van der Waals surface area contributed by atoms with Gasteiger partial charge in [0.1, 0.15) is 6.61 Å². The fraction of sp³-hybridized carbons (Fsp3) is 0.727. The zero-order valence-electron chi connectivity index (χ0n) is 34.4. The molecule has 0 fully saturated rings. The van der Waals surface area contributed by atoms with Crippen LogP contribution in [0.5, 0.6) is 0 Å². The summed E-state index contributed by atoms with van der Waals surface area (Å²) in [4.78, 5) is 35.0.